The van der Waals surface area contributed by atoms with Crippen molar-refractivity contribution in [2.24, 2.45) is 0 Å². The standard InChI is InChI=1S/C13H16N2O3S/c1-3-6-19(17,18)15-11-5-4-10-7-9(2)13(16)14-12(10)8-11/h4-5,7-8,15H,3,6H2,1-2H3,(H,14,16). The lowest BCUT2D eigenvalue weighted by Crippen LogP contribution is -2.16. The largest absolute Gasteiger partial charge is 0.322 e. The van der Waals surface area contributed by atoms with E-state index in [-0.39, 0.29) is 11.3 Å². The highest BCUT2D eigenvalue weighted by molar-refractivity contribution is 7.92. The first-order valence-corrected chi connectivity index (χ1v) is 7.71. The molecule has 6 heteroatoms. The number of hydrogen-bond donors (Lipinski definition) is 2. The number of sulfonamides is 1. The summed E-state index contributed by atoms with van der Waals surface area (Å²) in [6, 6.07) is 6.87. The molecule has 0 aliphatic rings. The Kier molecular flexibility index (Phi) is 3.61. The van der Waals surface area contributed by atoms with Crippen LogP contribution in [0.25, 0.3) is 10.9 Å². The van der Waals surface area contributed by atoms with Gasteiger partial charge in [-0.2, -0.15) is 0 Å². The number of fused-ring (bicyclic) bond motifs is 1. The van der Waals surface area contributed by atoms with Gasteiger partial charge in [0, 0.05) is 5.56 Å². The fourth-order valence-electron chi connectivity index (χ4n) is 1.87. The van der Waals surface area contributed by atoms with Gasteiger partial charge >= 0.3 is 0 Å². The average molecular weight is 280 g/mol. The number of benzene rings is 1. The number of rotatable bonds is 4. The van der Waals surface area contributed by atoms with Gasteiger partial charge in [0.1, 0.15) is 0 Å². The fourth-order valence-corrected chi connectivity index (χ4v) is 3.00. The summed E-state index contributed by atoms with van der Waals surface area (Å²) in [6.07, 6.45) is 0.555. The molecule has 1 aromatic heterocycles. The number of anilines is 1. The van der Waals surface area contributed by atoms with Crippen molar-refractivity contribution in [3.8, 4) is 0 Å². The van der Waals surface area contributed by atoms with E-state index in [1.54, 1.807) is 38.1 Å². The molecule has 0 unspecified atom stereocenters. The van der Waals surface area contributed by atoms with Crippen LogP contribution >= 0.6 is 0 Å². The first kappa shape index (κ1) is 13.6. The first-order valence-electron chi connectivity index (χ1n) is 6.05. The van der Waals surface area contributed by atoms with E-state index < -0.39 is 10.0 Å². The van der Waals surface area contributed by atoms with Crippen LogP contribution in [0.3, 0.4) is 0 Å². The van der Waals surface area contributed by atoms with Crippen LogP contribution < -0.4 is 10.3 Å². The van der Waals surface area contributed by atoms with Gasteiger partial charge in [0.2, 0.25) is 10.0 Å². The lowest BCUT2D eigenvalue weighted by atomic mass is 10.1. The molecule has 102 valence electrons. The highest BCUT2D eigenvalue weighted by Crippen LogP contribution is 2.18. The molecule has 2 rings (SSSR count). The van der Waals surface area contributed by atoms with Crippen LogP contribution in [-0.4, -0.2) is 19.2 Å². The normalized spacial score (nSPS) is 11.7. The van der Waals surface area contributed by atoms with E-state index in [0.29, 0.717) is 23.2 Å². The summed E-state index contributed by atoms with van der Waals surface area (Å²) in [7, 11) is -3.31. The van der Waals surface area contributed by atoms with Gasteiger partial charge in [0.15, 0.2) is 0 Å². The van der Waals surface area contributed by atoms with Crippen LogP contribution in [0.1, 0.15) is 18.9 Å². The Bertz CT molecular complexity index is 763. The summed E-state index contributed by atoms with van der Waals surface area (Å²) in [6.45, 7) is 3.54. The number of pyridine rings is 1. The number of aromatic amines is 1. The molecular formula is C13H16N2O3S. The Morgan fingerprint density at radius 1 is 1.26 bits per heavy atom. The third-order valence-electron chi connectivity index (χ3n) is 2.78. The van der Waals surface area contributed by atoms with Gasteiger partial charge < -0.3 is 4.98 Å². The van der Waals surface area contributed by atoms with E-state index in [9.17, 15) is 13.2 Å². The minimum absolute atomic E-state index is 0.0788. The summed E-state index contributed by atoms with van der Waals surface area (Å²) < 4.78 is 25.8. The Hall–Kier alpha value is -1.82. The number of nitrogens with one attached hydrogen (secondary N) is 2. The molecule has 0 aliphatic carbocycles. The summed E-state index contributed by atoms with van der Waals surface area (Å²) in [5.41, 5.74) is 1.54. The maximum atomic E-state index is 11.7. The zero-order valence-corrected chi connectivity index (χ0v) is 11.7. The Labute approximate surface area is 111 Å². The molecule has 1 aromatic carbocycles. The summed E-state index contributed by atoms with van der Waals surface area (Å²) in [5.74, 6) is 0.0788. The molecule has 0 saturated carbocycles. The van der Waals surface area contributed by atoms with E-state index in [0.717, 1.165) is 5.39 Å². The van der Waals surface area contributed by atoms with Crippen LogP contribution in [-0.2, 0) is 10.0 Å². The molecule has 1 heterocycles. The first-order chi connectivity index (χ1) is 8.91. The van der Waals surface area contributed by atoms with Gasteiger partial charge in [-0.05, 0) is 36.9 Å². The molecule has 0 bridgehead atoms. The molecular weight excluding hydrogens is 264 g/mol. The second kappa shape index (κ2) is 5.05. The Morgan fingerprint density at radius 2 is 2.00 bits per heavy atom. The van der Waals surface area contributed by atoms with Gasteiger partial charge in [0.05, 0.1) is 17.0 Å². The predicted molar refractivity (Wildman–Crippen MR) is 77.0 cm³/mol. The number of aryl methyl sites for hydroxylation is 1. The number of H-pyrrole nitrogens is 1. The van der Waals surface area contributed by atoms with Gasteiger partial charge in [-0.1, -0.05) is 13.0 Å². The lowest BCUT2D eigenvalue weighted by Gasteiger charge is -2.08. The van der Waals surface area contributed by atoms with Crippen molar-refractivity contribution in [2.45, 2.75) is 20.3 Å². The maximum Gasteiger partial charge on any atom is 0.251 e. The highest BCUT2D eigenvalue weighted by Gasteiger charge is 2.09. The van der Waals surface area contributed by atoms with E-state index in [1.807, 2.05) is 0 Å². The Morgan fingerprint density at radius 3 is 2.68 bits per heavy atom. The van der Waals surface area contributed by atoms with Crippen molar-refractivity contribution < 1.29 is 8.42 Å². The van der Waals surface area contributed by atoms with Crippen LogP contribution in [0.2, 0.25) is 0 Å². The second-order valence-electron chi connectivity index (χ2n) is 4.50. The van der Waals surface area contributed by atoms with E-state index in [1.165, 1.54) is 0 Å². The van der Waals surface area contributed by atoms with E-state index >= 15 is 0 Å². The molecule has 0 fully saturated rings. The summed E-state index contributed by atoms with van der Waals surface area (Å²) in [5, 5.41) is 0.871. The number of hydrogen-bond acceptors (Lipinski definition) is 3. The SMILES string of the molecule is CCCS(=O)(=O)Nc1ccc2cc(C)c(=O)[nH]c2c1. The summed E-state index contributed by atoms with van der Waals surface area (Å²) in [4.78, 5) is 14.3. The van der Waals surface area contributed by atoms with Crippen molar-refractivity contribution in [1.29, 1.82) is 0 Å². The molecule has 0 atom stereocenters. The van der Waals surface area contributed by atoms with Gasteiger partial charge in [-0.15, -0.1) is 0 Å². The highest BCUT2D eigenvalue weighted by atomic mass is 32.2. The molecule has 0 amide bonds. The quantitative estimate of drug-likeness (QED) is 0.899. The van der Waals surface area contributed by atoms with Crippen molar-refractivity contribution >= 4 is 26.6 Å². The van der Waals surface area contributed by atoms with E-state index in [4.69, 9.17) is 0 Å². The third kappa shape index (κ3) is 3.14. The third-order valence-corrected chi connectivity index (χ3v) is 4.27. The molecule has 0 saturated heterocycles. The lowest BCUT2D eigenvalue weighted by molar-refractivity contribution is 0.600. The number of aromatic nitrogens is 1. The molecule has 19 heavy (non-hydrogen) atoms. The fraction of sp³-hybridized carbons (Fsp3) is 0.308. The van der Waals surface area contributed by atoms with Gasteiger partial charge in [-0.25, -0.2) is 8.42 Å². The van der Waals surface area contributed by atoms with Crippen molar-refractivity contribution in [2.75, 3.05) is 10.5 Å². The minimum Gasteiger partial charge on any atom is -0.322 e. The van der Waals surface area contributed by atoms with Crippen LogP contribution in [0.15, 0.2) is 29.1 Å². The molecule has 2 N–H and O–H groups in total. The Balaban J connectivity index is 2.42. The molecule has 5 nitrogen and oxygen atoms in total. The molecule has 0 aliphatic heterocycles. The minimum atomic E-state index is -3.31. The average Bonchev–Trinajstić information content (AvgIpc) is 2.30. The maximum absolute atomic E-state index is 11.7. The second-order valence-corrected chi connectivity index (χ2v) is 6.35. The monoisotopic (exact) mass is 280 g/mol. The molecule has 0 spiro atoms. The van der Waals surface area contributed by atoms with E-state index in [2.05, 4.69) is 9.71 Å². The summed E-state index contributed by atoms with van der Waals surface area (Å²) >= 11 is 0. The van der Waals surface area contributed by atoms with Gasteiger partial charge in [0.25, 0.3) is 5.56 Å². The smallest absolute Gasteiger partial charge is 0.251 e. The van der Waals surface area contributed by atoms with Crippen molar-refractivity contribution in [1.82, 2.24) is 4.98 Å². The zero-order chi connectivity index (χ0) is 14.0. The van der Waals surface area contributed by atoms with Crippen LogP contribution in [0, 0.1) is 6.92 Å². The molecule has 2 aromatic rings. The van der Waals surface area contributed by atoms with Crippen LogP contribution in [0.5, 0.6) is 0 Å². The van der Waals surface area contributed by atoms with Crippen molar-refractivity contribution in [3.05, 3.63) is 40.2 Å². The van der Waals surface area contributed by atoms with Gasteiger partial charge in [-0.3, -0.25) is 9.52 Å². The van der Waals surface area contributed by atoms with Crippen LogP contribution in [0.4, 0.5) is 5.69 Å². The predicted octanol–water partition coefficient (Wildman–Crippen LogP) is 1.99. The topological polar surface area (TPSA) is 79.0 Å². The van der Waals surface area contributed by atoms with Crippen molar-refractivity contribution in [3.63, 3.8) is 0 Å². The molecule has 0 radical (unpaired) electrons. The zero-order valence-electron chi connectivity index (χ0n) is 10.9.